The first-order valence-corrected chi connectivity index (χ1v) is 20.8. The third kappa shape index (κ3) is 28.7. The van der Waals surface area contributed by atoms with Crippen LogP contribution in [0.5, 0.6) is 0 Å². The van der Waals surface area contributed by atoms with Gasteiger partial charge >= 0.3 is 5.97 Å². The van der Waals surface area contributed by atoms with Gasteiger partial charge in [0.1, 0.15) is 6.10 Å². The molecule has 1 rings (SSSR count). The molecular weight excluding hydrogens is 606 g/mol. The molecule has 0 aromatic rings. The number of allylic oxidation sites excluding steroid dienone is 8. The molecule has 5 heteroatoms. The van der Waals surface area contributed by atoms with E-state index < -0.39 is 0 Å². The van der Waals surface area contributed by atoms with E-state index in [9.17, 15) is 4.79 Å². The SMILES string of the molecule is CN(C)C1CCC(C(=O)OC(CCCCCCCC/C=C\C/C=C\CCCCO)CCCCCCCC/C=C\C/C=C\CCCCO)CC1. The number of hydrogen-bond donors (Lipinski definition) is 2. The first-order valence-electron chi connectivity index (χ1n) is 20.8. The number of carbonyl (C=O) groups is 1. The summed E-state index contributed by atoms with van der Waals surface area (Å²) in [5, 5.41) is 17.6. The molecule has 0 saturated heterocycles. The lowest BCUT2D eigenvalue weighted by atomic mass is 9.85. The highest BCUT2D eigenvalue weighted by Crippen LogP contribution is 2.29. The van der Waals surface area contributed by atoms with Crippen LogP contribution in [0.25, 0.3) is 0 Å². The van der Waals surface area contributed by atoms with Gasteiger partial charge in [0, 0.05) is 19.3 Å². The van der Waals surface area contributed by atoms with E-state index in [1.807, 2.05) is 0 Å². The predicted octanol–water partition coefficient (Wildman–Crippen LogP) is 11.6. The molecule has 0 amide bonds. The van der Waals surface area contributed by atoms with Gasteiger partial charge in [-0.05, 0) is 143 Å². The van der Waals surface area contributed by atoms with Crippen LogP contribution >= 0.6 is 0 Å². The lowest BCUT2D eigenvalue weighted by molar-refractivity contribution is -0.156. The quantitative estimate of drug-likeness (QED) is 0.0409. The van der Waals surface area contributed by atoms with Crippen molar-refractivity contribution in [3.8, 4) is 0 Å². The van der Waals surface area contributed by atoms with Gasteiger partial charge in [-0.25, -0.2) is 0 Å². The van der Waals surface area contributed by atoms with Gasteiger partial charge in [-0.15, -0.1) is 0 Å². The topological polar surface area (TPSA) is 70.0 Å². The minimum atomic E-state index is 0.0812. The molecule has 5 nitrogen and oxygen atoms in total. The summed E-state index contributed by atoms with van der Waals surface area (Å²) in [6.07, 6.45) is 50.1. The zero-order chi connectivity index (χ0) is 35.5. The van der Waals surface area contributed by atoms with Crippen LogP contribution in [-0.2, 0) is 9.53 Å². The summed E-state index contributed by atoms with van der Waals surface area (Å²) in [6, 6.07) is 0.609. The lowest BCUT2D eigenvalue weighted by Crippen LogP contribution is -2.35. The molecule has 1 saturated carbocycles. The monoisotopic (exact) mass is 686 g/mol. The predicted molar refractivity (Wildman–Crippen MR) is 211 cm³/mol. The Bertz CT molecular complexity index is 792. The van der Waals surface area contributed by atoms with Gasteiger partial charge in [0.15, 0.2) is 0 Å². The van der Waals surface area contributed by atoms with E-state index in [0.29, 0.717) is 19.3 Å². The number of nitrogens with zero attached hydrogens (tertiary/aromatic N) is 1. The van der Waals surface area contributed by atoms with Crippen LogP contribution in [0.4, 0.5) is 0 Å². The molecule has 0 radical (unpaired) electrons. The average molecular weight is 686 g/mol. The van der Waals surface area contributed by atoms with Crippen LogP contribution in [-0.4, -0.2) is 60.5 Å². The van der Waals surface area contributed by atoms with Crippen molar-refractivity contribution in [3.63, 3.8) is 0 Å². The maximum Gasteiger partial charge on any atom is 0.309 e. The molecule has 1 fully saturated rings. The standard InChI is InChI=1S/C44H79NO4/c1-45(2)42-37-35-41(36-38-42)44(48)49-43(33-29-25-21-17-13-9-5-3-7-11-15-19-23-27-31-39-46)34-30-26-22-18-14-10-6-4-8-12-16-20-24-28-32-40-47/h3-4,7-8,15-16,19-20,41-43,46-47H,5-6,9-14,17-18,21-40H2,1-2H3/b7-3-,8-4-,19-15-,20-16-. The van der Waals surface area contributed by atoms with Crippen LogP contribution in [0.1, 0.15) is 180 Å². The third-order valence-electron chi connectivity index (χ3n) is 10.1. The van der Waals surface area contributed by atoms with Gasteiger partial charge in [0.2, 0.25) is 0 Å². The smallest absolute Gasteiger partial charge is 0.309 e. The number of rotatable bonds is 33. The van der Waals surface area contributed by atoms with Crippen molar-refractivity contribution in [3.05, 3.63) is 48.6 Å². The van der Waals surface area contributed by atoms with Gasteiger partial charge < -0.3 is 19.8 Å². The van der Waals surface area contributed by atoms with Crippen molar-refractivity contribution in [2.75, 3.05) is 27.3 Å². The zero-order valence-electron chi connectivity index (χ0n) is 32.2. The average Bonchev–Trinajstić information content (AvgIpc) is 3.11. The number of esters is 1. The molecule has 1 aliphatic rings. The first kappa shape index (κ1) is 45.3. The number of aliphatic hydroxyl groups excluding tert-OH is 2. The summed E-state index contributed by atoms with van der Waals surface area (Å²) in [4.78, 5) is 15.5. The van der Waals surface area contributed by atoms with Crippen molar-refractivity contribution >= 4 is 5.97 Å². The highest BCUT2D eigenvalue weighted by Gasteiger charge is 2.29. The Labute approximate surface area is 303 Å². The minimum Gasteiger partial charge on any atom is -0.462 e. The van der Waals surface area contributed by atoms with Gasteiger partial charge in [0.25, 0.3) is 0 Å². The highest BCUT2D eigenvalue weighted by atomic mass is 16.5. The molecule has 0 spiro atoms. The Morgan fingerprint density at radius 1 is 0.551 bits per heavy atom. The number of carbonyl (C=O) groups excluding carboxylic acids is 1. The molecule has 1 aliphatic carbocycles. The largest absolute Gasteiger partial charge is 0.462 e. The Morgan fingerprint density at radius 2 is 0.918 bits per heavy atom. The molecule has 0 aromatic heterocycles. The maximum atomic E-state index is 13.2. The van der Waals surface area contributed by atoms with E-state index in [1.165, 1.54) is 89.9 Å². The summed E-state index contributed by atoms with van der Waals surface area (Å²) < 4.78 is 6.24. The second-order valence-electron chi connectivity index (χ2n) is 14.7. The Balaban J connectivity index is 2.23. The van der Waals surface area contributed by atoms with E-state index in [0.717, 1.165) is 89.9 Å². The van der Waals surface area contributed by atoms with Crippen LogP contribution in [0.2, 0.25) is 0 Å². The molecule has 49 heavy (non-hydrogen) atoms. The first-order chi connectivity index (χ1) is 24.1. The van der Waals surface area contributed by atoms with Crippen LogP contribution in [0.15, 0.2) is 48.6 Å². The molecule has 284 valence electrons. The van der Waals surface area contributed by atoms with E-state index in [4.69, 9.17) is 14.9 Å². The van der Waals surface area contributed by atoms with E-state index >= 15 is 0 Å². The molecule has 0 atom stereocenters. The second-order valence-corrected chi connectivity index (χ2v) is 14.7. The summed E-state index contributed by atoms with van der Waals surface area (Å²) in [7, 11) is 4.31. The minimum absolute atomic E-state index is 0.0812. The summed E-state index contributed by atoms with van der Waals surface area (Å²) >= 11 is 0. The van der Waals surface area contributed by atoms with Crippen LogP contribution in [0, 0.1) is 5.92 Å². The Hall–Kier alpha value is -1.69. The fourth-order valence-electron chi connectivity index (χ4n) is 6.79. The lowest BCUT2D eigenvalue weighted by Gasteiger charge is -2.32. The summed E-state index contributed by atoms with van der Waals surface area (Å²) in [6.45, 7) is 0.603. The van der Waals surface area contributed by atoms with Gasteiger partial charge in [0.05, 0.1) is 5.92 Å². The van der Waals surface area contributed by atoms with Crippen LogP contribution in [0.3, 0.4) is 0 Å². The normalized spacial score (nSPS) is 17.3. The van der Waals surface area contributed by atoms with E-state index in [1.54, 1.807) is 0 Å². The Morgan fingerprint density at radius 3 is 1.31 bits per heavy atom. The zero-order valence-corrected chi connectivity index (χ0v) is 32.2. The van der Waals surface area contributed by atoms with Crippen molar-refractivity contribution in [2.24, 2.45) is 5.92 Å². The van der Waals surface area contributed by atoms with Gasteiger partial charge in [-0.3, -0.25) is 4.79 Å². The summed E-state index contributed by atoms with van der Waals surface area (Å²) in [5.74, 6) is 0.181. The van der Waals surface area contributed by atoms with Crippen LogP contribution < -0.4 is 0 Å². The molecule has 0 aromatic carbocycles. The number of aliphatic hydroxyl groups is 2. The van der Waals surface area contributed by atoms with Gasteiger partial charge in [-0.2, -0.15) is 0 Å². The molecule has 0 heterocycles. The second kappa shape index (κ2) is 34.7. The van der Waals surface area contributed by atoms with E-state index in [2.05, 4.69) is 67.6 Å². The van der Waals surface area contributed by atoms with Gasteiger partial charge in [-0.1, -0.05) is 100.0 Å². The van der Waals surface area contributed by atoms with Crippen molar-refractivity contribution in [1.29, 1.82) is 0 Å². The van der Waals surface area contributed by atoms with Crippen molar-refractivity contribution in [2.45, 2.75) is 192 Å². The fraction of sp³-hybridized carbons (Fsp3) is 0.795. The molecule has 0 unspecified atom stereocenters. The van der Waals surface area contributed by atoms with Crippen molar-refractivity contribution < 1.29 is 19.7 Å². The molecule has 0 aliphatic heterocycles. The fourth-order valence-corrected chi connectivity index (χ4v) is 6.79. The molecular formula is C44H79NO4. The maximum absolute atomic E-state index is 13.2. The van der Waals surface area contributed by atoms with E-state index in [-0.39, 0.29) is 18.0 Å². The van der Waals surface area contributed by atoms with Crippen molar-refractivity contribution in [1.82, 2.24) is 4.90 Å². The number of ether oxygens (including phenoxy) is 1. The Kier molecular flexibility index (Phi) is 32.1. The highest BCUT2D eigenvalue weighted by molar-refractivity contribution is 5.72. The number of hydrogen-bond acceptors (Lipinski definition) is 5. The third-order valence-corrected chi connectivity index (χ3v) is 10.1. The summed E-state index contributed by atoms with van der Waals surface area (Å²) in [5.41, 5.74) is 0. The number of unbranched alkanes of at least 4 members (excludes halogenated alkanes) is 16. The molecule has 0 bridgehead atoms. The molecule has 2 N–H and O–H groups in total.